The summed E-state index contributed by atoms with van der Waals surface area (Å²) in [6.45, 7) is 6.64. The molecule has 0 aliphatic carbocycles. The molecule has 13 heavy (non-hydrogen) atoms. The van der Waals surface area contributed by atoms with Gasteiger partial charge in [-0.25, -0.2) is 0 Å². The lowest BCUT2D eigenvalue weighted by molar-refractivity contribution is 0.418. The van der Waals surface area contributed by atoms with Gasteiger partial charge in [-0.2, -0.15) is 0 Å². The molecule has 0 aliphatic heterocycles. The van der Waals surface area contributed by atoms with Gasteiger partial charge in [0.25, 0.3) is 0 Å². The molecule has 0 N–H and O–H groups in total. The minimum absolute atomic E-state index is 0.751. The van der Waals surface area contributed by atoms with Gasteiger partial charge in [0.15, 0.2) is 0 Å². The van der Waals surface area contributed by atoms with E-state index in [2.05, 4.69) is 32.9 Å². The van der Waals surface area contributed by atoms with Gasteiger partial charge >= 0.3 is 0 Å². The van der Waals surface area contributed by atoms with Crippen LogP contribution in [0.5, 0.6) is 0 Å². The minimum Gasteiger partial charge on any atom is -0.466 e. The van der Waals surface area contributed by atoms with Gasteiger partial charge < -0.3 is 4.42 Å². The van der Waals surface area contributed by atoms with Crippen LogP contribution in [0.4, 0.5) is 0 Å². The molecule has 1 unspecified atom stereocenters. The van der Waals surface area contributed by atoms with Crippen molar-refractivity contribution < 1.29 is 4.42 Å². The minimum atomic E-state index is 0.751. The maximum absolute atomic E-state index is 5.65. The van der Waals surface area contributed by atoms with Crippen LogP contribution < -0.4 is 0 Å². The third kappa shape index (κ3) is 3.25. The molecule has 74 valence electrons. The smallest absolute Gasteiger partial charge is 0.104 e. The van der Waals surface area contributed by atoms with Crippen LogP contribution in [0.25, 0.3) is 0 Å². The van der Waals surface area contributed by atoms with Crippen LogP contribution in [0.15, 0.2) is 16.5 Å². The Morgan fingerprint density at radius 2 is 1.92 bits per heavy atom. The van der Waals surface area contributed by atoms with Crippen LogP contribution >= 0.6 is 0 Å². The molecule has 0 bridgehead atoms. The molecule has 0 fully saturated rings. The zero-order chi connectivity index (χ0) is 9.68. The van der Waals surface area contributed by atoms with E-state index in [9.17, 15) is 0 Å². The summed E-state index contributed by atoms with van der Waals surface area (Å²) in [5, 5.41) is 0. The second kappa shape index (κ2) is 5.11. The second-order valence-corrected chi connectivity index (χ2v) is 3.82. The summed E-state index contributed by atoms with van der Waals surface area (Å²) in [5.41, 5.74) is 0. The number of rotatable bonds is 5. The molecule has 0 radical (unpaired) electrons. The zero-order valence-electron chi connectivity index (χ0n) is 8.97. The fourth-order valence-electron chi connectivity index (χ4n) is 1.66. The van der Waals surface area contributed by atoms with E-state index in [4.69, 9.17) is 4.42 Å². The molecular formula is C12H20O. The van der Waals surface area contributed by atoms with Gasteiger partial charge in [-0.15, -0.1) is 0 Å². The van der Waals surface area contributed by atoms with Crippen LogP contribution in [0.3, 0.4) is 0 Å². The van der Waals surface area contributed by atoms with Crippen molar-refractivity contribution in [1.29, 1.82) is 0 Å². The highest BCUT2D eigenvalue weighted by molar-refractivity contribution is 5.07. The maximum Gasteiger partial charge on any atom is 0.104 e. The van der Waals surface area contributed by atoms with Crippen molar-refractivity contribution in [2.24, 2.45) is 5.92 Å². The predicted octanol–water partition coefficient (Wildman–Crippen LogP) is 3.82. The molecule has 1 aromatic heterocycles. The molecular weight excluding hydrogens is 160 g/mol. The van der Waals surface area contributed by atoms with Crippen LogP contribution in [0.2, 0.25) is 0 Å². The molecule has 1 nitrogen and oxygen atoms in total. The molecule has 0 amide bonds. The van der Waals surface area contributed by atoms with Gasteiger partial charge in [-0.1, -0.05) is 33.6 Å². The van der Waals surface area contributed by atoms with Gasteiger partial charge in [0.2, 0.25) is 0 Å². The Labute approximate surface area is 81.1 Å². The van der Waals surface area contributed by atoms with Gasteiger partial charge in [0.05, 0.1) is 0 Å². The first-order valence-electron chi connectivity index (χ1n) is 5.33. The summed E-state index contributed by atoms with van der Waals surface area (Å²) in [6, 6.07) is 4.21. The van der Waals surface area contributed by atoms with Crippen molar-refractivity contribution in [3.05, 3.63) is 23.7 Å². The molecule has 1 atom stereocenters. The van der Waals surface area contributed by atoms with E-state index in [1.807, 2.05) is 0 Å². The first-order chi connectivity index (χ1) is 6.26. The van der Waals surface area contributed by atoms with Crippen molar-refractivity contribution in [2.45, 2.75) is 46.5 Å². The highest BCUT2D eigenvalue weighted by Gasteiger charge is 2.05. The van der Waals surface area contributed by atoms with E-state index in [0.717, 1.165) is 30.3 Å². The fraction of sp³-hybridized carbons (Fsp3) is 0.667. The molecule has 1 aromatic rings. The number of aryl methyl sites for hydroxylation is 1. The largest absolute Gasteiger partial charge is 0.466 e. The normalized spacial score (nSPS) is 13.2. The SMILES string of the molecule is CCCC(C)Cc1ccc(CC)o1. The molecule has 0 spiro atoms. The Morgan fingerprint density at radius 3 is 2.46 bits per heavy atom. The lowest BCUT2D eigenvalue weighted by atomic mass is 10.0. The molecule has 0 aromatic carbocycles. The van der Waals surface area contributed by atoms with E-state index < -0.39 is 0 Å². The van der Waals surface area contributed by atoms with E-state index in [1.165, 1.54) is 12.8 Å². The topological polar surface area (TPSA) is 13.1 Å². The average molecular weight is 180 g/mol. The van der Waals surface area contributed by atoms with Gasteiger partial charge in [-0.3, -0.25) is 0 Å². The third-order valence-corrected chi connectivity index (χ3v) is 2.40. The molecule has 0 saturated heterocycles. The number of furan rings is 1. The summed E-state index contributed by atoms with van der Waals surface area (Å²) >= 11 is 0. The van der Waals surface area contributed by atoms with Crippen molar-refractivity contribution in [3.63, 3.8) is 0 Å². The summed E-state index contributed by atoms with van der Waals surface area (Å²) in [5.74, 6) is 3.01. The Balaban J connectivity index is 2.44. The molecule has 0 aliphatic rings. The molecule has 1 rings (SSSR count). The molecule has 1 heterocycles. The molecule has 0 saturated carbocycles. The summed E-state index contributed by atoms with van der Waals surface area (Å²) in [7, 11) is 0. The van der Waals surface area contributed by atoms with Crippen LogP contribution in [0, 0.1) is 5.92 Å². The highest BCUT2D eigenvalue weighted by Crippen LogP contribution is 2.16. The van der Waals surface area contributed by atoms with Gasteiger partial charge in [0, 0.05) is 12.8 Å². The summed E-state index contributed by atoms with van der Waals surface area (Å²) in [6.07, 6.45) is 4.65. The standard InChI is InChI=1S/C12H20O/c1-4-6-10(3)9-12-8-7-11(5-2)13-12/h7-8,10H,4-6,9H2,1-3H3. The Bertz CT molecular complexity index is 237. The average Bonchev–Trinajstić information content (AvgIpc) is 2.52. The monoisotopic (exact) mass is 180 g/mol. The van der Waals surface area contributed by atoms with Crippen molar-refractivity contribution in [2.75, 3.05) is 0 Å². The lowest BCUT2D eigenvalue weighted by Gasteiger charge is -2.06. The van der Waals surface area contributed by atoms with Gasteiger partial charge in [0.1, 0.15) is 11.5 Å². The van der Waals surface area contributed by atoms with Crippen LogP contribution in [-0.2, 0) is 12.8 Å². The first-order valence-corrected chi connectivity index (χ1v) is 5.33. The number of hydrogen-bond acceptors (Lipinski definition) is 1. The van der Waals surface area contributed by atoms with E-state index in [-0.39, 0.29) is 0 Å². The Kier molecular flexibility index (Phi) is 4.07. The van der Waals surface area contributed by atoms with E-state index in [1.54, 1.807) is 0 Å². The Morgan fingerprint density at radius 1 is 1.23 bits per heavy atom. The second-order valence-electron chi connectivity index (χ2n) is 3.82. The lowest BCUT2D eigenvalue weighted by Crippen LogP contribution is -1.97. The maximum atomic E-state index is 5.65. The molecule has 1 heteroatoms. The van der Waals surface area contributed by atoms with Crippen LogP contribution in [0.1, 0.15) is 45.1 Å². The highest BCUT2D eigenvalue weighted by atomic mass is 16.3. The third-order valence-electron chi connectivity index (χ3n) is 2.40. The zero-order valence-corrected chi connectivity index (χ0v) is 8.97. The van der Waals surface area contributed by atoms with Crippen molar-refractivity contribution in [1.82, 2.24) is 0 Å². The van der Waals surface area contributed by atoms with E-state index >= 15 is 0 Å². The number of hydrogen-bond donors (Lipinski definition) is 0. The van der Waals surface area contributed by atoms with Gasteiger partial charge in [-0.05, 0) is 18.1 Å². The first kappa shape index (κ1) is 10.4. The van der Waals surface area contributed by atoms with Crippen molar-refractivity contribution >= 4 is 0 Å². The quantitative estimate of drug-likeness (QED) is 0.671. The Hall–Kier alpha value is -0.720. The summed E-state index contributed by atoms with van der Waals surface area (Å²) in [4.78, 5) is 0. The van der Waals surface area contributed by atoms with E-state index in [0.29, 0.717) is 0 Å². The fourth-order valence-corrected chi connectivity index (χ4v) is 1.66. The van der Waals surface area contributed by atoms with Crippen LogP contribution in [-0.4, -0.2) is 0 Å². The predicted molar refractivity (Wildman–Crippen MR) is 55.9 cm³/mol. The summed E-state index contributed by atoms with van der Waals surface area (Å²) < 4.78 is 5.65. The van der Waals surface area contributed by atoms with Crippen molar-refractivity contribution in [3.8, 4) is 0 Å².